The first kappa shape index (κ1) is 30.4. The van der Waals surface area contributed by atoms with E-state index in [-0.39, 0.29) is 24.8 Å². The number of carbonyl (C=O) groups excluding carboxylic acids is 1. The van der Waals surface area contributed by atoms with Gasteiger partial charge in [0.25, 0.3) is 5.91 Å². The maximum absolute atomic E-state index is 14.2. The van der Waals surface area contributed by atoms with E-state index in [2.05, 4.69) is 27.8 Å². The first-order valence-electron chi connectivity index (χ1n) is 14.0. The van der Waals surface area contributed by atoms with Gasteiger partial charge in [0.15, 0.2) is 11.6 Å². The summed E-state index contributed by atoms with van der Waals surface area (Å²) in [5.74, 6) is 1.15. The van der Waals surface area contributed by atoms with Crippen molar-refractivity contribution >= 4 is 17.5 Å². The number of aliphatic hydroxyl groups is 1. The maximum Gasteiger partial charge on any atom is 0.266 e. The van der Waals surface area contributed by atoms with Gasteiger partial charge in [-0.1, -0.05) is 54.9 Å². The Hall–Kier alpha value is -4.57. The first-order valence-corrected chi connectivity index (χ1v) is 14.0. The normalized spacial score (nSPS) is 17.5. The van der Waals surface area contributed by atoms with Gasteiger partial charge in [0.05, 0.1) is 13.7 Å². The van der Waals surface area contributed by atoms with Crippen molar-refractivity contribution in [1.82, 2.24) is 10.9 Å². The largest absolute Gasteiger partial charge is 0.497 e. The molecule has 3 aromatic carbocycles. The van der Waals surface area contributed by atoms with Gasteiger partial charge < -0.3 is 19.3 Å². The number of rotatable bonds is 15. The molecule has 220 valence electrons. The lowest BCUT2D eigenvalue weighted by atomic mass is 9.81. The molecule has 1 heterocycles. The Morgan fingerprint density at radius 3 is 2.67 bits per heavy atom. The van der Waals surface area contributed by atoms with Crippen LogP contribution in [0.25, 0.3) is 10.4 Å². The number of hydrazine groups is 1. The lowest BCUT2D eigenvalue weighted by Crippen LogP contribution is -2.54. The Bertz CT molecular complexity index is 1420. The van der Waals surface area contributed by atoms with Gasteiger partial charge in [-0.2, -0.15) is 0 Å². The summed E-state index contributed by atoms with van der Waals surface area (Å²) in [6, 6.07) is 21.7. The van der Waals surface area contributed by atoms with E-state index >= 15 is 0 Å². The smallest absolute Gasteiger partial charge is 0.266 e. The van der Waals surface area contributed by atoms with Crippen LogP contribution in [0.1, 0.15) is 49.0 Å². The number of carbonyl (C=O) groups is 1. The van der Waals surface area contributed by atoms with Crippen LogP contribution in [-0.2, 0) is 16.0 Å². The van der Waals surface area contributed by atoms with Crippen molar-refractivity contribution in [1.29, 1.82) is 0 Å². The zero-order valence-corrected chi connectivity index (χ0v) is 23.8. The first-order chi connectivity index (χ1) is 20.5. The van der Waals surface area contributed by atoms with Crippen LogP contribution < -0.4 is 20.3 Å². The lowest BCUT2D eigenvalue weighted by Gasteiger charge is -2.31. The highest BCUT2D eigenvalue weighted by Crippen LogP contribution is 2.44. The van der Waals surface area contributed by atoms with Crippen molar-refractivity contribution in [2.24, 2.45) is 10.1 Å². The standard InChI is InChI=1S/C31H36N6O5/c1-3-4-17-33-36-30(39)31(21-24-9-5-6-12-27(24)35-37-32)28(23-10-7-11-26(20-23)40-2)42-29(34-31)22-13-15-25(16-14-22)41-19-8-18-38/h5-7,9-16,20,28,33,38H,3-4,8,17-19,21H2,1-2H3,(H,36,39)/t28-,31-/m0/s1. The van der Waals surface area contributed by atoms with E-state index in [1.54, 1.807) is 31.4 Å². The van der Waals surface area contributed by atoms with E-state index in [0.29, 0.717) is 53.4 Å². The van der Waals surface area contributed by atoms with E-state index in [0.717, 1.165) is 12.8 Å². The summed E-state index contributed by atoms with van der Waals surface area (Å²) in [7, 11) is 1.58. The van der Waals surface area contributed by atoms with Crippen LogP contribution in [0.2, 0.25) is 0 Å². The van der Waals surface area contributed by atoms with Crippen LogP contribution in [0.5, 0.6) is 11.5 Å². The fraction of sp³-hybridized carbons (Fsp3) is 0.355. The second kappa shape index (κ2) is 14.9. The Kier molecular flexibility index (Phi) is 10.8. The highest BCUT2D eigenvalue weighted by molar-refractivity contribution is 6.01. The molecule has 0 saturated carbocycles. The summed E-state index contributed by atoms with van der Waals surface area (Å²) in [5.41, 5.74) is 16.0. The minimum absolute atomic E-state index is 0.0502. The Morgan fingerprint density at radius 2 is 1.93 bits per heavy atom. The summed E-state index contributed by atoms with van der Waals surface area (Å²) in [6.07, 6.45) is 1.63. The van der Waals surface area contributed by atoms with Crippen molar-refractivity contribution in [2.75, 3.05) is 26.9 Å². The van der Waals surface area contributed by atoms with Crippen molar-refractivity contribution in [3.63, 3.8) is 0 Å². The number of unbranched alkanes of at least 4 members (excludes halogenated alkanes) is 1. The predicted octanol–water partition coefficient (Wildman–Crippen LogP) is 5.32. The van der Waals surface area contributed by atoms with Crippen molar-refractivity contribution in [3.8, 4) is 11.5 Å². The number of azide groups is 1. The van der Waals surface area contributed by atoms with E-state index in [1.165, 1.54) is 0 Å². The number of methoxy groups -OCH3 is 1. The lowest BCUT2D eigenvalue weighted by molar-refractivity contribution is -0.130. The third-order valence-corrected chi connectivity index (χ3v) is 6.89. The molecule has 2 atom stereocenters. The number of amides is 1. The van der Waals surface area contributed by atoms with Gasteiger partial charge in [0.1, 0.15) is 11.5 Å². The summed E-state index contributed by atoms with van der Waals surface area (Å²) in [5, 5.41) is 12.9. The zero-order chi connectivity index (χ0) is 29.8. The number of hydrogen-bond acceptors (Lipinski definition) is 8. The third-order valence-electron chi connectivity index (χ3n) is 6.89. The molecule has 1 aliphatic heterocycles. The molecular formula is C31H36N6O5. The highest BCUT2D eigenvalue weighted by Gasteiger charge is 2.53. The van der Waals surface area contributed by atoms with Gasteiger partial charge >= 0.3 is 0 Å². The van der Waals surface area contributed by atoms with Gasteiger partial charge in [0, 0.05) is 42.2 Å². The van der Waals surface area contributed by atoms with Crippen LogP contribution in [0.4, 0.5) is 5.69 Å². The molecule has 3 N–H and O–H groups in total. The molecule has 1 amide bonds. The van der Waals surface area contributed by atoms with Gasteiger partial charge in [-0.3, -0.25) is 10.2 Å². The molecule has 0 unspecified atom stereocenters. The molecule has 0 radical (unpaired) electrons. The number of aliphatic imine (C=N–C) groups is 1. The SMILES string of the molecule is CCCCNNC(=O)[C@@]1(Cc2ccccc2N=[N+]=[N-])N=C(c2ccc(OCCCO)cc2)O[C@H]1c1cccc(OC)c1. The molecule has 0 saturated heterocycles. The minimum atomic E-state index is -1.47. The van der Waals surface area contributed by atoms with E-state index in [1.807, 2.05) is 48.5 Å². The molecule has 4 rings (SSSR count). The monoisotopic (exact) mass is 572 g/mol. The van der Waals surface area contributed by atoms with Gasteiger partial charge in [-0.15, -0.1) is 0 Å². The Labute approximate surface area is 245 Å². The number of nitrogens with one attached hydrogen (secondary N) is 2. The summed E-state index contributed by atoms with van der Waals surface area (Å²) < 4.78 is 17.7. The molecule has 1 aliphatic rings. The van der Waals surface area contributed by atoms with Crippen LogP contribution in [0.15, 0.2) is 82.9 Å². The van der Waals surface area contributed by atoms with Gasteiger partial charge in [-0.05, 0) is 59.5 Å². The average molecular weight is 573 g/mol. The molecular weight excluding hydrogens is 536 g/mol. The average Bonchev–Trinajstić information content (AvgIpc) is 3.41. The summed E-state index contributed by atoms with van der Waals surface area (Å²) in [6.45, 7) is 3.10. The van der Waals surface area contributed by atoms with Crippen molar-refractivity contribution in [3.05, 3.63) is 99.9 Å². The van der Waals surface area contributed by atoms with Crippen LogP contribution >= 0.6 is 0 Å². The van der Waals surface area contributed by atoms with Crippen molar-refractivity contribution in [2.45, 2.75) is 44.2 Å². The number of benzene rings is 3. The van der Waals surface area contributed by atoms with Crippen LogP contribution in [-0.4, -0.2) is 49.3 Å². The highest BCUT2D eigenvalue weighted by atomic mass is 16.5. The van der Waals surface area contributed by atoms with Crippen molar-refractivity contribution < 1.29 is 24.1 Å². The molecule has 3 aromatic rings. The van der Waals surface area contributed by atoms with E-state index < -0.39 is 11.6 Å². The zero-order valence-electron chi connectivity index (χ0n) is 23.8. The quantitative estimate of drug-likeness (QED) is 0.0738. The molecule has 0 aliphatic carbocycles. The third kappa shape index (κ3) is 7.19. The second-order valence-electron chi connectivity index (χ2n) is 9.80. The number of aliphatic hydroxyl groups excluding tert-OH is 1. The molecule has 11 heteroatoms. The van der Waals surface area contributed by atoms with E-state index in [4.69, 9.17) is 24.3 Å². The molecule has 0 spiro atoms. The van der Waals surface area contributed by atoms with Crippen LogP contribution in [0, 0.1) is 0 Å². The van der Waals surface area contributed by atoms with Gasteiger partial charge in [0.2, 0.25) is 5.90 Å². The Balaban J connectivity index is 1.81. The van der Waals surface area contributed by atoms with Crippen LogP contribution in [0.3, 0.4) is 0 Å². The molecule has 0 bridgehead atoms. The molecule has 11 nitrogen and oxygen atoms in total. The number of hydrogen-bond donors (Lipinski definition) is 3. The number of ether oxygens (including phenoxy) is 3. The summed E-state index contributed by atoms with van der Waals surface area (Å²) in [4.78, 5) is 22.2. The second-order valence-corrected chi connectivity index (χ2v) is 9.80. The fourth-order valence-corrected chi connectivity index (χ4v) is 4.70. The molecule has 0 fully saturated rings. The topological polar surface area (TPSA) is 150 Å². The predicted molar refractivity (Wildman–Crippen MR) is 160 cm³/mol. The fourth-order valence-electron chi connectivity index (χ4n) is 4.70. The Morgan fingerprint density at radius 1 is 1.12 bits per heavy atom. The summed E-state index contributed by atoms with van der Waals surface area (Å²) >= 11 is 0. The molecule has 0 aromatic heterocycles. The van der Waals surface area contributed by atoms with Gasteiger partial charge in [-0.25, -0.2) is 10.4 Å². The number of nitrogens with zero attached hydrogens (tertiary/aromatic N) is 4. The molecule has 42 heavy (non-hydrogen) atoms. The minimum Gasteiger partial charge on any atom is -0.497 e. The maximum atomic E-state index is 14.2. The van der Waals surface area contributed by atoms with E-state index in [9.17, 15) is 10.3 Å².